The van der Waals surface area contributed by atoms with Crippen LogP contribution in [0.2, 0.25) is 5.02 Å². The number of hydrogen-bond acceptors (Lipinski definition) is 2. The lowest BCUT2D eigenvalue weighted by Crippen LogP contribution is -2.02. The summed E-state index contributed by atoms with van der Waals surface area (Å²) >= 11 is 6.03. The second-order valence-electron chi connectivity index (χ2n) is 3.79. The Hall–Kier alpha value is -1.74. The fourth-order valence-electron chi connectivity index (χ4n) is 1.60. The van der Waals surface area contributed by atoms with Crippen LogP contribution in [0.3, 0.4) is 0 Å². The van der Waals surface area contributed by atoms with Gasteiger partial charge in [-0.2, -0.15) is 0 Å². The van der Waals surface area contributed by atoms with Gasteiger partial charge in [-0.25, -0.2) is 4.39 Å². The zero-order chi connectivity index (χ0) is 13.0. The van der Waals surface area contributed by atoms with E-state index in [1.54, 1.807) is 25.3 Å². The molecule has 0 amide bonds. The Kier molecular flexibility index (Phi) is 4.05. The van der Waals surface area contributed by atoms with E-state index in [1.807, 2.05) is 18.2 Å². The molecule has 18 heavy (non-hydrogen) atoms. The number of anilines is 1. The lowest BCUT2D eigenvalue weighted by atomic mass is 10.2. The fourth-order valence-corrected chi connectivity index (χ4v) is 1.80. The van der Waals surface area contributed by atoms with E-state index in [9.17, 15) is 4.39 Å². The largest absolute Gasteiger partial charge is 0.497 e. The number of rotatable bonds is 4. The zero-order valence-electron chi connectivity index (χ0n) is 9.91. The average Bonchev–Trinajstić information content (AvgIpc) is 2.39. The highest BCUT2D eigenvalue weighted by Crippen LogP contribution is 2.23. The third-order valence-corrected chi connectivity index (χ3v) is 2.97. The van der Waals surface area contributed by atoms with Crippen molar-refractivity contribution >= 4 is 17.3 Å². The molecule has 0 fully saturated rings. The fraction of sp³-hybridized carbons (Fsp3) is 0.143. The predicted octanol–water partition coefficient (Wildman–Crippen LogP) is 4.10. The molecule has 0 saturated carbocycles. The number of halogens is 2. The van der Waals surface area contributed by atoms with Crippen molar-refractivity contribution in [1.82, 2.24) is 0 Å². The van der Waals surface area contributed by atoms with E-state index < -0.39 is 0 Å². The summed E-state index contributed by atoms with van der Waals surface area (Å²) in [5.74, 6) is 0.293. The SMILES string of the molecule is COc1ccc(F)c(NCc2ccccc2Cl)c1. The molecule has 0 heterocycles. The van der Waals surface area contributed by atoms with E-state index in [-0.39, 0.29) is 5.82 Å². The number of ether oxygens (including phenoxy) is 1. The third-order valence-electron chi connectivity index (χ3n) is 2.60. The van der Waals surface area contributed by atoms with Crippen LogP contribution in [-0.4, -0.2) is 7.11 Å². The lowest BCUT2D eigenvalue weighted by Gasteiger charge is -2.10. The van der Waals surface area contributed by atoms with Crippen molar-refractivity contribution in [3.05, 3.63) is 58.9 Å². The lowest BCUT2D eigenvalue weighted by molar-refractivity contribution is 0.414. The number of benzene rings is 2. The van der Waals surface area contributed by atoms with Crippen molar-refractivity contribution in [3.8, 4) is 5.75 Å². The van der Waals surface area contributed by atoms with Crippen molar-refractivity contribution in [3.63, 3.8) is 0 Å². The molecule has 0 spiro atoms. The van der Waals surface area contributed by atoms with Crippen molar-refractivity contribution in [2.45, 2.75) is 6.54 Å². The molecule has 0 saturated heterocycles. The molecule has 2 aromatic carbocycles. The van der Waals surface area contributed by atoms with E-state index in [0.717, 1.165) is 5.56 Å². The van der Waals surface area contributed by atoms with Gasteiger partial charge >= 0.3 is 0 Å². The molecule has 0 atom stereocenters. The van der Waals surface area contributed by atoms with Gasteiger partial charge in [-0.3, -0.25) is 0 Å². The highest BCUT2D eigenvalue weighted by Gasteiger charge is 2.05. The third kappa shape index (κ3) is 2.93. The summed E-state index contributed by atoms with van der Waals surface area (Å²) < 4.78 is 18.6. The maximum absolute atomic E-state index is 13.6. The second-order valence-corrected chi connectivity index (χ2v) is 4.20. The monoisotopic (exact) mass is 265 g/mol. The van der Waals surface area contributed by atoms with Crippen LogP contribution in [0, 0.1) is 5.82 Å². The van der Waals surface area contributed by atoms with Gasteiger partial charge in [-0.05, 0) is 23.8 Å². The minimum absolute atomic E-state index is 0.317. The van der Waals surface area contributed by atoms with E-state index in [0.29, 0.717) is 23.0 Å². The quantitative estimate of drug-likeness (QED) is 0.899. The number of hydrogen-bond donors (Lipinski definition) is 1. The molecule has 0 aliphatic carbocycles. The maximum atomic E-state index is 13.6. The van der Waals surface area contributed by atoms with Crippen molar-refractivity contribution in [2.24, 2.45) is 0 Å². The Morgan fingerprint density at radius 1 is 1.22 bits per heavy atom. The topological polar surface area (TPSA) is 21.3 Å². The van der Waals surface area contributed by atoms with Gasteiger partial charge in [0.15, 0.2) is 0 Å². The van der Waals surface area contributed by atoms with Crippen LogP contribution < -0.4 is 10.1 Å². The smallest absolute Gasteiger partial charge is 0.146 e. The van der Waals surface area contributed by atoms with Crippen LogP contribution >= 0.6 is 11.6 Å². The first-order valence-electron chi connectivity index (χ1n) is 5.51. The van der Waals surface area contributed by atoms with Crippen LogP contribution in [0.25, 0.3) is 0 Å². The standard InChI is InChI=1S/C14H13ClFNO/c1-18-11-6-7-13(16)14(8-11)17-9-10-4-2-3-5-12(10)15/h2-8,17H,9H2,1H3. The molecule has 1 N–H and O–H groups in total. The molecule has 0 bridgehead atoms. The molecule has 4 heteroatoms. The molecule has 0 aliphatic heterocycles. The molecule has 0 aliphatic rings. The number of methoxy groups -OCH3 is 1. The molecule has 2 aromatic rings. The Labute approximate surface area is 110 Å². The van der Waals surface area contributed by atoms with Gasteiger partial charge in [0.05, 0.1) is 12.8 Å². The summed E-state index contributed by atoms with van der Waals surface area (Å²) in [5.41, 5.74) is 1.32. The van der Waals surface area contributed by atoms with Gasteiger partial charge in [0.25, 0.3) is 0 Å². The van der Waals surface area contributed by atoms with Crippen molar-refractivity contribution in [1.29, 1.82) is 0 Å². The minimum atomic E-state index is -0.317. The van der Waals surface area contributed by atoms with E-state index in [4.69, 9.17) is 16.3 Å². The molecule has 2 nitrogen and oxygen atoms in total. The maximum Gasteiger partial charge on any atom is 0.146 e. The van der Waals surface area contributed by atoms with Crippen LogP contribution in [0.4, 0.5) is 10.1 Å². The van der Waals surface area contributed by atoms with Crippen LogP contribution in [0.5, 0.6) is 5.75 Å². The predicted molar refractivity (Wildman–Crippen MR) is 71.7 cm³/mol. The van der Waals surface area contributed by atoms with E-state index in [2.05, 4.69) is 5.32 Å². The zero-order valence-corrected chi connectivity index (χ0v) is 10.7. The van der Waals surface area contributed by atoms with Crippen LogP contribution in [0.1, 0.15) is 5.56 Å². The number of nitrogens with one attached hydrogen (secondary N) is 1. The molecule has 0 radical (unpaired) electrons. The van der Waals surface area contributed by atoms with E-state index >= 15 is 0 Å². The Balaban J connectivity index is 2.13. The molecule has 2 rings (SSSR count). The van der Waals surface area contributed by atoms with Crippen molar-refractivity contribution in [2.75, 3.05) is 12.4 Å². The van der Waals surface area contributed by atoms with Gasteiger partial charge in [0, 0.05) is 17.6 Å². The van der Waals surface area contributed by atoms with Gasteiger partial charge < -0.3 is 10.1 Å². The average molecular weight is 266 g/mol. The van der Waals surface area contributed by atoms with Gasteiger partial charge in [-0.15, -0.1) is 0 Å². The summed E-state index contributed by atoms with van der Waals surface area (Å²) in [6.07, 6.45) is 0. The highest BCUT2D eigenvalue weighted by atomic mass is 35.5. The first-order chi connectivity index (χ1) is 8.70. The summed E-state index contributed by atoms with van der Waals surface area (Å²) in [6, 6.07) is 12.0. The van der Waals surface area contributed by atoms with Crippen molar-refractivity contribution < 1.29 is 9.13 Å². The van der Waals surface area contributed by atoms with Crippen LogP contribution in [-0.2, 0) is 6.54 Å². The normalized spacial score (nSPS) is 10.2. The van der Waals surface area contributed by atoms with Gasteiger partial charge in [0.1, 0.15) is 11.6 Å². The summed E-state index contributed by atoms with van der Waals surface area (Å²) in [7, 11) is 1.55. The Bertz CT molecular complexity index is 545. The van der Waals surface area contributed by atoms with Gasteiger partial charge in [-0.1, -0.05) is 29.8 Å². The van der Waals surface area contributed by atoms with E-state index in [1.165, 1.54) is 6.07 Å². The summed E-state index contributed by atoms with van der Waals surface area (Å²) in [5, 5.41) is 3.67. The van der Waals surface area contributed by atoms with Crippen LogP contribution in [0.15, 0.2) is 42.5 Å². The Morgan fingerprint density at radius 2 is 2.00 bits per heavy atom. The molecular formula is C14H13ClFNO. The minimum Gasteiger partial charge on any atom is -0.497 e. The first kappa shape index (κ1) is 12.7. The molecule has 0 unspecified atom stereocenters. The molecule has 0 aromatic heterocycles. The first-order valence-corrected chi connectivity index (χ1v) is 5.89. The molecular weight excluding hydrogens is 253 g/mol. The second kappa shape index (κ2) is 5.74. The summed E-state index contributed by atoms with van der Waals surface area (Å²) in [4.78, 5) is 0. The highest BCUT2D eigenvalue weighted by molar-refractivity contribution is 6.31. The van der Waals surface area contributed by atoms with Gasteiger partial charge in [0.2, 0.25) is 0 Å². The summed E-state index contributed by atoms with van der Waals surface area (Å²) in [6.45, 7) is 0.462. The molecule has 94 valence electrons. The Morgan fingerprint density at radius 3 is 2.72 bits per heavy atom.